The van der Waals surface area contributed by atoms with Crippen LogP contribution in [-0.4, -0.2) is 38.9 Å². The van der Waals surface area contributed by atoms with E-state index in [1.54, 1.807) is 0 Å². The van der Waals surface area contributed by atoms with Crippen LogP contribution in [0.3, 0.4) is 0 Å². The van der Waals surface area contributed by atoms with E-state index in [9.17, 15) is 23.3 Å². The molecular weight excluding hydrogens is 398 g/mol. The monoisotopic (exact) mass is 421 g/mol. The van der Waals surface area contributed by atoms with Gasteiger partial charge in [0.2, 0.25) is 15.9 Å². The van der Waals surface area contributed by atoms with Gasteiger partial charge in [-0.1, -0.05) is 24.3 Å². The van der Waals surface area contributed by atoms with Gasteiger partial charge in [0.1, 0.15) is 5.75 Å². The first-order valence-electron chi connectivity index (χ1n) is 9.05. The number of non-ortho nitro benzene ring substituents is 1. The maximum absolute atomic E-state index is 12.2. The van der Waals surface area contributed by atoms with Gasteiger partial charge >= 0.3 is 0 Å². The lowest BCUT2D eigenvalue weighted by Gasteiger charge is -2.10. The highest BCUT2D eigenvalue weighted by molar-refractivity contribution is 7.89. The molecule has 29 heavy (non-hydrogen) atoms. The fraction of sp³-hybridized carbons (Fsp3) is 0.316. The molecule has 2 N–H and O–H groups in total. The van der Waals surface area contributed by atoms with Crippen LogP contribution in [0.5, 0.6) is 5.75 Å². The van der Waals surface area contributed by atoms with Gasteiger partial charge < -0.3 is 10.1 Å². The molecule has 2 aromatic carbocycles. The molecular formula is C19H23N3O6S. The van der Waals surface area contributed by atoms with Crippen LogP contribution < -0.4 is 14.8 Å². The summed E-state index contributed by atoms with van der Waals surface area (Å²) in [5.74, 6) is 0.526. The summed E-state index contributed by atoms with van der Waals surface area (Å²) in [5.41, 5.74) is 0.615. The number of benzene rings is 2. The molecule has 0 atom stereocenters. The number of amides is 1. The number of nitro benzene ring substituents is 1. The summed E-state index contributed by atoms with van der Waals surface area (Å²) in [6.07, 6.45) is 0.739. The molecule has 0 bridgehead atoms. The minimum Gasteiger partial charge on any atom is -0.494 e. The normalized spacial score (nSPS) is 11.1. The highest BCUT2D eigenvalue weighted by Gasteiger charge is 2.17. The SMILES string of the molecule is CCOc1ccccc1CCC(=O)NCCNS(=O)(=O)c1cccc([N+](=O)[O-])c1. The summed E-state index contributed by atoms with van der Waals surface area (Å²) in [6.45, 7) is 2.48. The van der Waals surface area contributed by atoms with Gasteiger partial charge in [-0.2, -0.15) is 0 Å². The second-order valence-corrected chi connectivity index (χ2v) is 7.81. The fourth-order valence-corrected chi connectivity index (χ4v) is 3.65. The highest BCUT2D eigenvalue weighted by Crippen LogP contribution is 2.19. The maximum Gasteiger partial charge on any atom is 0.270 e. The van der Waals surface area contributed by atoms with Crippen LogP contribution in [0.4, 0.5) is 5.69 Å². The Morgan fingerprint density at radius 2 is 1.90 bits per heavy atom. The largest absolute Gasteiger partial charge is 0.494 e. The number of para-hydroxylation sites is 1. The van der Waals surface area contributed by atoms with Crippen LogP contribution in [0.1, 0.15) is 18.9 Å². The summed E-state index contributed by atoms with van der Waals surface area (Å²) >= 11 is 0. The number of carbonyl (C=O) groups is 1. The maximum atomic E-state index is 12.2. The zero-order valence-electron chi connectivity index (χ0n) is 16.0. The number of ether oxygens (including phenoxy) is 1. The molecule has 0 aliphatic heterocycles. The minimum absolute atomic E-state index is 0.0354. The Labute approximate surface area is 169 Å². The lowest BCUT2D eigenvalue weighted by atomic mass is 10.1. The average Bonchev–Trinajstić information content (AvgIpc) is 2.71. The first-order valence-corrected chi connectivity index (χ1v) is 10.5. The van der Waals surface area contributed by atoms with Crippen molar-refractivity contribution in [2.24, 2.45) is 0 Å². The van der Waals surface area contributed by atoms with Gasteiger partial charge in [-0.05, 0) is 31.0 Å². The Morgan fingerprint density at radius 3 is 2.62 bits per heavy atom. The van der Waals surface area contributed by atoms with E-state index in [0.29, 0.717) is 13.0 Å². The number of nitrogens with one attached hydrogen (secondary N) is 2. The van der Waals surface area contributed by atoms with E-state index < -0.39 is 14.9 Å². The third-order valence-corrected chi connectivity index (χ3v) is 5.43. The highest BCUT2D eigenvalue weighted by atomic mass is 32.2. The molecule has 1 amide bonds. The Hall–Kier alpha value is -2.98. The molecule has 0 saturated heterocycles. The van der Waals surface area contributed by atoms with Gasteiger partial charge in [0.15, 0.2) is 0 Å². The quantitative estimate of drug-likeness (QED) is 0.325. The number of aryl methyl sites for hydroxylation is 1. The van der Waals surface area contributed by atoms with E-state index in [1.807, 2.05) is 31.2 Å². The summed E-state index contributed by atoms with van der Waals surface area (Å²) in [5, 5.41) is 13.4. The molecule has 156 valence electrons. The Morgan fingerprint density at radius 1 is 1.14 bits per heavy atom. The fourth-order valence-electron chi connectivity index (χ4n) is 2.58. The van der Waals surface area contributed by atoms with Crippen LogP contribution in [-0.2, 0) is 21.2 Å². The van der Waals surface area contributed by atoms with Crippen molar-refractivity contribution in [2.45, 2.75) is 24.7 Å². The molecule has 0 fully saturated rings. The number of nitro groups is 1. The van der Waals surface area contributed by atoms with E-state index in [4.69, 9.17) is 4.74 Å². The van der Waals surface area contributed by atoms with Crippen molar-refractivity contribution in [1.29, 1.82) is 0 Å². The van der Waals surface area contributed by atoms with E-state index in [2.05, 4.69) is 10.0 Å². The molecule has 0 spiro atoms. The standard InChI is InChI=1S/C19H23N3O6S/c1-2-28-18-9-4-3-6-15(18)10-11-19(23)20-12-13-21-29(26,27)17-8-5-7-16(14-17)22(24)25/h3-9,14,21H,2,10-13H2,1H3,(H,20,23). The van der Waals surface area contributed by atoms with Crippen molar-refractivity contribution in [3.05, 3.63) is 64.2 Å². The van der Waals surface area contributed by atoms with E-state index in [1.165, 1.54) is 18.2 Å². The molecule has 0 aromatic heterocycles. The number of hydrogen-bond acceptors (Lipinski definition) is 6. The van der Waals surface area contributed by atoms with Crippen molar-refractivity contribution >= 4 is 21.6 Å². The summed E-state index contributed by atoms with van der Waals surface area (Å²) in [4.78, 5) is 21.9. The number of rotatable bonds is 11. The van der Waals surface area contributed by atoms with E-state index >= 15 is 0 Å². The van der Waals surface area contributed by atoms with Crippen molar-refractivity contribution in [3.63, 3.8) is 0 Å². The summed E-state index contributed by atoms with van der Waals surface area (Å²) in [7, 11) is -3.90. The van der Waals surface area contributed by atoms with Crippen molar-refractivity contribution < 1.29 is 22.9 Å². The smallest absolute Gasteiger partial charge is 0.270 e. The molecule has 0 unspecified atom stereocenters. The van der Waals surface area contributed by atoms with Gasteiger partial charge in [-0.3, -0.25) is 14.9 Å². The number of hydrogen-bond donors (Lipinski definition) is 2. The van der Waals surface area contributed by atoms with Crippen molar-refractivity contribution in [2.75, 3.05) is 19.7 Å². The third-order valence-electron chi connectivity index (χ3n) is 3.97. The predicted molar refractivity (Wildman–Crippen MR) is 107 cm³/mol. The average molecular weight is 421 g/mol. The molecule has 0 saturated carbocycles. The number of sulfonamides is 1. The first-order chi connectivity index (χ1) is 13.8. The molecule has 10 heteroatoms. The second-order valence-electron chi connectivity index (χ2n) is 6.04. The third kappa shape index (κ3) is 6.84. The van der Waals surface area contributed by atoms with Crippen molar-refractivity contribution in [3.8, 4) is 5.75 Å². The van der Waals surface area contributed by atoms with Gasteiger partial charge in [0, 0.05) is 31.6 Å². The topological polar surface area (TPSA) is 128 Å². The summed E-state index contributed by atoms with van der Waals surface area (Å²) in [6, 6.07) is 12.2. The van der Waals surface area contributed by atoms with Crippen LogP contribution in [0.15, 0.2) is 53.4 Å². The molecule has 0 aliphatic carbocycles. The van der Waals surface area contributed by atoms with Crippen LogP contribution in [0.2, 0.25) is 0 Å². The Kier molecular flexibility index (Phi) is 8.10. The second kappa shape index (κ2) is 10.5. The zero-order valence-corrected chi connectivity index (χ0v) is 16.8. The predicted octanol–water partition coefficient (Wildman–Crippen LogP) is 2.02. The van der Waals surface area contributed by atoms with Crippen LogP contribution >= 0.6 is 0 Å². The molecule has 2 aromatic rings. The molecule has 0 heterocycles. The number of carbonyl (C=O) groups excluding carboxylic acids is 1. The van der Waals surface area contributed by atoms with Crippen LogP contribution in [0.25, 0.3) is 0 Å². The lowest BCUT2D eigenvalue weighted by molar-refractivity contribution is -0.385. The van der Waals surface area contributed by atoms with E-state index in [0.717, 1.165) is 17.4 Å². The van der Waals surface area contributed by atoms with Gasteiger partial charge in [-0.15, -0.1) is 0 Å². The van der Waals surface area contributed by atoms with E-state index in [-0.39, 0.29) is 36.0 Å². The Bertz CT molecular complexity index is 962. The minimum atomic E-state index is -3.90. The van der Waals surface area contributed by atoms with Gasteiger partial charge in [0.25, 0.3) is 5.69 Å². The van der Waals surface area contributed by atoms with Crippen molar-refractivity contribution in [1.82, 2.24) is 10.0 Å². The zero-order chi connectivity index (χ0) is 21.3. The number of nitrogens with zero attached hydrogens (tertiary/aromatic N) is 1. The molecule has 2 rings (SSSR count). The molecule has 0 aliphatic rings. The molecule has 0 radical (unpaired) electrons. The van der Waals surface area contributed by atoms with Gasteiger partial charge in [-0.25, -0.2) is 13.1 Å². The Balaban J connectivity index is 1.79. The summed E-state index contributed by atoms with van der Waals surface area (Å²) < 4.78 is 32.2. The lowest BCUT2D eigenvalue weighted by Crippen LogP contribution is -2.34. The first kappa shape index (κ1) is 22.3. The van der Waals surface area contributed by atoms with Crippen LogP contribution in [0, 0.1) is 10.1 Å². The molecule has 9 nitrogen and oxygen atoms in total. The van der Waals surface area contributed by atoms with Gasteiger partial charge in [0.05, 0.1) is 16.4 Å².